The average Bonchev–Trinajstić information content (AvgIpc) is 2.77. The van der Waals surface area contributed by atoms with E-state index < -0.39 is 0 Å². The number of rotatable bonds is 3. The Bertz CT molecular complexity index is 569. The van der Waals surface area contributed by atoms with Crippen LogP contribution >= 0.6 is 11.6 Å². The summed E-state index contributed by atoms with van der Waals surface area (Å²) in [6.07, 6.45) is 4.93. The molecule has 0 radical (unpaired) electrons. The molecular weight excluding hydrogens is 262 g/mol. The number of aryl methyl sites for hydroxylation is 1. The van der Waals surface area contributed by atoms with Crippen molar-refractivity contribution >= 4 is 22.8 Å². The number of hydrogen-bond acceptors (Lipinski definition) is 3. The molecule has 0 amide bonds. The van der Waals surface area contributed by atoms with Gasteiger partial charge < -0.3 is 9.30 Å². The monoisotopic (exact) mass is 279 g/mol. The Kier molecular flexibility index (Phi) is 3.71. The minimum Gasteiger partial charge on any atom is -0.378 e. The highest BCUT2D eigenvalue weighted by Crippen LogP contribution is 2.29. The Balaban J connectivity index is 2.06. The number of imidazole rings is 1. The number of pyridine rings is 1. The van der Waals surface area contributed by atoms with Crippen molar-refractivity contribution < 1.29 is 4.74 Å². The zero-order valence-corrected chi connectivity index (χ0v) is 11.8. The van der Waals surface area contributed by atoms with Gasteiger partial charge in [-0.3, -0.25) is 0 Å². The first-order chi connectivity index (χ1) is 9.29. The molecular formula is C14H18ClN3O. The molecule has 1 saturated heterocycles. The van der Waals surface area contributed by atoms with Crippen LogP contribution in [0.3, 0.4) is 0 Å². The van der Waals surface area contributed by atoms with Gasteiger partial charge in [-0.05, 0) is 31.9 Å². The molecule has 1 fully saturated rings. The molecule has 3 heterocycles. The molecule has 2 aromatic heterocycles. The summed E-state index contributed by atoms with van der Waals surface area (Å²) < 4.78 is 7.91. The van der Waals surface area contributed by atoms with Crippen LogP contribution in [0, 0.1) is 0 Å². The maximum atomic E-state index is 5.90. The van der Waals surface area contributed by atoms with E-state index in [1.807, 2.05) is 18.3 Å². The SMILES string of the molecule is CC1CC(n2c(CCCl)nc3cccnc32)CCO1. The van der Waals surface area contributed by atoms with E-state index in [0.717, 1.165) is 42.9 Å². The van der Waals surface area contributed by atoms with Gasteiger partial charge >= 0.3 is 0 Å². The number of fused-ring (bicyclic) bond motifs is 1. The molecule has 19 heavy (non-hydrogen) atoms. The molecule has 0 aromatic carbocycles. The van der Waals surface area contributed by atoms with Gasteiger partial charge in [-0.25, -0.2) is 9.97 Å². The van der Waals surface area contributed by atoms with Crippen LogP contribution in [0.2, 0.25) is 0 Å². The summed E-state index contributed by atoms with van der Waals surface area (Å²) in [5.74, 6) is 1.63. The van der Waals surface area contributed by atoms with Crippen LogP contribution in [-0.4, -0.2) is 33.1 Å². The Morgan fingerprint density at radius 2 is 2.42 bits per heavy atom. The Labute approximate surface area is 117 Å². The van der Waals surface area contributed by atoms with Gasteiger partial charge in [0.2, 0.25) is 0 Å². The lowest BCUT2D eigenvalue weighted by molar-refractivity contribution is 0.00616. The molecule has 0 spiro atoms. The maximum absolute atomic E-state index is 5.90. The minimum atomic E-state index is 0.295. The van der Waals surface area contributed by atoms with Crippen molar-refractivity contribution in [3.05, 3.63) is 24.2 Å². The van der Waals surface area contributed by atoms with E-state index in [0.29, 0.717) is 18.0 Å². The zero-order valence-electron chi connectivity index (χ0n) is 11.1. The van der Waals surface area contributed by atoms with Crippen molar-refractivity contribution in [2.75, 3.05) is 12.5 Å². The first kappa shape index (κ1) is 12.9. The topological polar surface area (TPSA) is 39.9 Å². The van der Waals surface area contributed by atoms with Crippen molar-refractivity contribution in [1.29, 1.82) is 0 Å². The molecule has 0 N–H and O–H groups in total. The third-order valence-corrected chi connectivity index (χ3v) is 3.85. The van der Waals surface area contributed by atoms with E-state index in [-0.39, 0.29) is 0 Å². The van der Waals surface area contributed by atoms with E-state index in [2.05, 4.69) is 21.5 Å². The van der Waals surface area contributed by atoms with Crippen molar-refractivity contribution in [2.45, 2.75) is 38.3 Å². The lowest BCUT2D eigenvalue weighted by atomic mass is 10.0. The van der Waals surface area contributed by atoms with Gasteiger partial charge in [-0.1, -0.05) is 0 Å². The van der Waals surface area contributed by atoms with E-state index in [4.69, 9.17) is 16.3 Å². The van der Waals surface area contributed by atoms with Crippen LogP contribution in [0.1, 0.15) is 31.6 Å². The molecule has 1 aliphatic rings. The summed E-state index contributed by atoms with van der Waals surface area (Å²) in [6, 6.07) is 4.36. The molecule has 102 valence electrons. The number of aromatic nitrogens is 3. The van der Waals surface area contributed by atoms with E-state index in [1.54, 1.807) is 0 Å². The molecule has 0 saturated carbocycles. The number of halogens is 1. The summed E-state index contributed by atoms with van der Waals surface area (Å²) in [4.78, 5) is 9.18. The molecule has 2 aromatic rings. The summed E-state index contributed by atoms with van der Waals surface area (Å²) in [6.45, 7) is 2.93. The second kappa shape index (κ2) is 5.47. The molecule has 0 aliphatic carbocycles. The second-order valence-electron chi connectivity index (χ2n) is 5.04. The van der Waals surface area contributed by atoms with Crippen LogP contribution in [0.25, 0.3) is 11.2 Å². The van der Waals surface area contributed by atoms with Gasteiger partial charge in [-0.15, -0.1) is 11.6 Å². The molecule has 2 atom stereocenters. The Morgan fingerprint density at radius 1 is 1.53 bits per heavy atom. The van der Waals surface area contributed by atoms with Crippen molar-refractivity contribution in [3.8, 4) is 0 Å². The van der Waals surface area contributed by atoms with Crippen molar-refractivity contribution in [1.82, 2.24) is 14.5 Å². The molecule has 4 nitrogen and oxygen atoms in total. The Hall–Kier alpha value is -1.13. The predicted molar refractivity (Wildman–Crippen MR) is 75.6 cm³/mol. The highest BCUT2D eigenvalue weighted by Gasteiger charge is 2.25. The van der Waals surface area contributed by atoms with Gasteiger partial charge in [-0.2, -0.15) is 0 Å². The summed E-state index contributed by atoms with van der Waals surface area (Å²) in [5.41, 5.74) is 1.93. The number of alkyl halides is 1. The fraction of sp³-hybridized carbons (Fsp3) is 0.571. The first-order valence-corrected chi connectivity index (χ1v) is 7.32. The molecule has 3 rings (SSSR count). The highest BCUT2D eigenvalue weighted by molar-refractivity contribution is 6.17. The number of nitrogens with zero attached hydrogens (tertiary/aromatic N) is 3. The fourth-order valence-corrected chi connectivity index (χ4v) is 3.00. The number of hydrogen-bond donors (Lipinski definition) is 0. The summed E-state index contributed by atoms with van der Waals surface area (Å²) in [5, 5.41) is 0. The normalized spacial score (nSPS) is 23.9. The number of ether oxygens (including phenoxy) is 1. The molecule has 0 bridgehead atoms. The van der Waals surface area contributed by atoms with Crippen LogP contribution in [0.4, 0.5) is 0 Å². The lowest BCUT2D eigenvalue weighted by Gasteiger charge is -2.29. The third-order valence-electron chi connectivity index (χ3n) is 3.66. The van der Waals surface area contributed by atoms with Gasteiger partial charge in [0, 0.05) is 31.1 Å². The fourth-order valence-electron chi connectivity index (χ4n) is 2.83. The standard InChI is InChI=1S/C14H18ClN3O/c1-10-9-11(5-8-19-10)18-13(4-6-15)17-12-3-2-7-16-14(12)18/h2-3,7,10-11H,4-6,8-9H2,1H3. The van der Waals surface area contributed by atoms with E-state index in [1.165, 1.54) is 0 Å². The van der Waals surface area contributed by atoms with Crippen LogP contribution in [-0.2, 0) is 11.2 Å². The summed E-state index contributed by atoms with van der Waals surface area (Å²) in [7, 11) is 0. The van der Waals surface area contributed by atoms with Gasteiger partial charge in [0.1, 0.15) is 11.3 Å². The van der Waals surface area contributed by atoms with E-state index >= 15 is 0 Å². The predicted octanol–water partition coefficient (Wildman–Crippen LogP) is 2.95. The molecule has 1 aliphatic heterocycles. The van der Waals surface area contributed by atoms with Crippen LogP contribution in [0.5, 0.6) is 0 Å². The quantitative estimate of drug-likeness (QED) is 0.811. The molecule has 5 heteroatoms. The average molecular weight is 280 g/mol. The third kappa shape index (κ3) is 2.47. The minimum absolute atomic E-state index is 0.295. The van der Waals surface area contributed by atoms with Crippen LogP contribution < -0.4 is 0 Å². The van der Waals surface area contributed by atoms with Crippen LogP contribution in [0.15, 0.2) is 18.3 Å². The highest BCUT2D eigenvalue weighted by atomic mass is 35.5. The summed E-state index contributed by atoms with van der Waals surface area (Å²) >= 11 is 5.90. The van der Waals surface area contributed by atoms with Crippen molar-refractivity contribution in [3.63, 3.8) is 0 Å². The van der Waals surface area contributed by atoms with E-state index in [9.17, 15) is 0 Å². The zero-order chi connectivity index (χ0) is 13.2. The van der Waals surface area contributed by atoms with Gasteiger partial charge in [0.25, 0.3) is 0 Å². The van der Waals surface area contributed by atoms with Crippen molar-refractivity contribution in [2.24, 2.45) is 0 Å². The molecule has 2 unspecified atom stereocenters. The smallest absolute Gasteiger partial charge is 0.160 e. The van der Waals surface area contributed by atoms with Gasteiger partial charge in [0.05, 0.1) is 6.10 Å². The Morgan fingerprint density at radius 3 is 3.21 bits per heavy atom. The first-order valence-electron chi connectivity index (χ1n) is 6.79. The maximum Gasteiger partial charge on any atom is 0.160 e. The van der Waals surface area contributed by atoms with Gasteiger partial charge in [0.15, 0.2) is 5.65 Å². The second-order valence-corrected chi connectivity index (χ2v) is 5.42. The largest absolute Gasteiger partial charge is 0.378 e. The lowest BCUT2D eigenvalue weighted by Crippen LogP contribution is -2.26.